The van der Waals surface area contributed by atoms with E-state index in [4.69, 9.17) is 5.11 Å². The molecule has 0 aliphatic carbocycles. The molecular weight excluding hydrogens is 268 g/mol. The number of nitrogens with one attached hydrogen (secondary N) is 1. The maximum Gasteiger partial charge on any atom is 0.276 e. The van der Waals surface area contributed by atoms with Crippen LogP contribution >= 0.6 is 0 Å². The predicted molar refractivity (Wildman–Crippen MR) is 77.2 cm³/mol. The van der Waals surface area contributed by atoms with Gasteiger partial charge in [-0.1, -0.05) is 24.0 Å². The lowest BCUT2D eigenvalue weighted by Crippen LogP contribution is -2.26. The van der Waals surface area contributed by atoms with Gasteiger partial charge in [-0.2, -0.15) is 15.4 Å². The Labute approximate surface area is 122 Å². The Kier molecular flexibility index (Phi) is 5.07. The summed E-state index contributed by atoms with van der Waals surface area (Å²) in [6, 6.07) is 7.65. The zero-order valence-corrected chi connectivity index (χ0v) is 11.7. The fraction of sp³-hybridized carbons (Fsp3) is 0.267. The van der Waals surface area contributed by atoms with Gasteiger partial charge in [0.15, 0.2) is 5.69 Å². The van der Waals surface area contributed by atoms with Crippen LogP contribution in [0.1, 0.15) is 28.0 Å². The Hall–Kier alpha value is -2.65. The van der Waals surface area contributed by atoms with Gasteiger partial charge in [0.1, 0.15) is 0 Å². The number of rotatable bonds is 4. The summed E-state index contributed by atoms with van der Waals surface area (Å²) < 4.78 is 0. The first-order valence-electron chi connectivity index (χ1n) is 6.50. The zero-order chi connectivity index (χ0) is 15.1. The number of aromatic amines is 1. The molecule has 0 fully saturated rings. The number of aliphatic hydroxyl groups is 1. The molecule has 0 bridgehead atoms. The molecule has 1 heterocycles. The summed E-state index contributed by atoms with van der Waals surface area (Å²) >= 11 is 0. The average molecular weight is 284 g/mol. The van der Waals surface area contributed by atoms with E-state index in [-0.39, 0.29) is 12.5 Å². The summed E-state index contributed by atoms with van der Waals surface area (Å²) in [6.45, 7) is 0.552. The van der Waals surface area contributed by atoms with Gasteiger partial charge in [0.25, 0.3) is 5.91 Å². The third kappa shape index (κ3) is 4.16. The molecule has 0 aliphatic heterocycles. The molecule has 108 valence electrons. The summed E-state index contributed by atoms with van der Waals surface area (Å²) in [5.41, 5.74) is 2.18. The third-order valence-electron chi connectivity index (χ3n) is 2.82. The molecule has 21 heavy (non-hydrogen) atoms. The van der Waals surface area contributed by atoms with Gasteiger partial charge in [0, 0.05) is 25.6 Å². The van der Waals surface area contributed by atoms with E-state index in [1.54, 1.807) is 11.9 Å². The number of hydrogen-bond acceptors (Lipinski definition) is 4. The Morgan fingerprint density at radius 2 is 2.14 bits per heavy atom. The van der Waals surface area contributed by atoms with Gasteiger partial charge in [-0.05, 0) is 17.7 Å². The number of carbonyl (C=O) groups is 1. The minimum Gasteiger partial charge on any atom is -0.395 e. The van der Waals surface area contributed by atoms with Crippen molar-refractivity contribution in [3.05, 3.63) is 47.3 Å². The first kappa shape index (κ1) is 14.8. The van der Waals surface area contributed by atoms with Gasteiger partial charge >= 0.3 is 0 Å². The molecule has 6 heteroatoms. The lowest BCUT2D eigenvalue weighted by Gasteiger charge is -2.15. The highest BCUT2D eigenvalue weighted by molar-refractivity contribution is 5.91. The molecule has 1 amide bonds. The van der Waals surface area contributed by atoms with Gasteiger partial charge < -0.3 is 10.0 Å². The normalized spacial score (nSPS) is 9.81. The molecule has 2 N–H and O–H groups in total. The van der Waals surface area contributed by atoms with E-state index < -0.39 is 0 Å². The van der Waals surface area contributed by atoms with Crippen LogP contribution < -0.4 is 0 Å². The molecular formula is C15H16N4O2. The highest BCUT2D eigenvalue weighted by Crippen LogP contribution is 2.08. The van der Waals surface area contributed by atoms with Crippen LogP contribution in [0, 0.1) is 11.8 Å². The third-order valence-corrected chi connectivity index (χ3v) is 2.82. The van der Waals surface area contributed by atoms with Crippen molar-refractivity contribution in [2.45, 2.75) is 13.0 Å². The van der Waals surface area contributed by atoms with Gasteiger partial charge in [0.05, 0.1) is 12.8 Å². The van der Waals surface area contributed by atoms with Crippen LogP contribution in [-0.2, 0) is 6.54 Å². The molecule has 2 aromatic rings. The summed E-state index contributed by atoms with van der Waals surface area (Å²) in [7, 11) is 1.71. The second-order valence-corrected chi connectivity index (χ2v) is 4.49. The van der Waals surface area contributed by atoms with E-state index in [0.717, 1.165) is 11.1 Å². The highest BCUT2D eigenvalue weighted by atomic mass is 16.2. The van der Waals surface area contributed by atoms with Gasteiger partial charge in [-0.25, -0.2) is 0 Å². The van der Waals surface area contributed by atoms with Crippen LogP contribution in [-0.4, -0.2) is 45.0 Å². The number of benzene rings is 1. The maximum atomic E-state index is 12.0. The smallest absolute Gasteiger partial charge is 0.276 e. The number of aliphatic hydroxyl groups excluding tert-OH is 1. The summed E-state index contributed by atoms with van der Waals surface area (Å²) in [5, 5.41) is 18.5. The molecule has 0 saturated heterocycles. The fourth-order valence-electron chi connectivity index (χ4n) is 1.76. The molecule has 0 aliphatic rings. The molecule has 0 spiro atoms. The van der Waals surface area contributed by atoms with Crippen molar-refractivity contribution in [2.24, 2.45) is 0 Å². The number of aromatic nitrogens is 3. The summed E-state index contributed by atoms with van der Waals surface area (Å²) in [6.07, 6.45) is 1.87. The van der Waals surface area contributed by atoms with Crippen LogP contribution in [0.2, 0.25) is 0 Å². The average Bonchev–Trinajstić information content (AvgIpc) is 3.02. The van der Waals surface area contributed by atoms with Crippen molar-refractivity contribution >= 4 is 5.91 Å². The lowest BCUT2D eigenvalue weighted by molar-refractivity contribution is 0.0779. The van der Waals surface area contributed by atoms with Gasteiger partial charge in [-0.3, -0.25) is 4.79 Å². The topological polar surface area (TPSA) is 82.1 Å². The van der Waals surface area contributed by atoms with Gasteiger partial charge in [0.2, 0.25) is 0 Å². The number of amides is 1. The molecule has 0 radical (unpaired) electrons. The first-order valence-corrected chi connectivity index (χ1v) is 6.50. The maximum absolute atomic E-state index is 12.0. The van der Waals surface area contributed by atoms with Crippen LogP contribution in [0.15, 0.2) is 30.5 Å². The number of H-pyrrole nitrogens is 1. The van der Waals surface area contributed by atoms with Crippen molar-refractivity contribution in [3.8, 4) is 11.8 Å². The largest absolute Gasteiger partial charge is 0.395 e. The fourth-order valence-corrected chi connectivity index (χ4v) is 1.76. The van der Waals surface area contributed by atoms with E-state index >= 15 is 0 Å². The molecule has 1 aromatic heterocycles. The van der Waals surface area contributed by atoms with Crippen molar-refractivity contribution in [1.29, 1.82) is 0 Å². The Morgan fingerprint density at radius 3 is 2.76 bits per heavy atom. The van der Waals surface area contributed by atoms with Crippen molar-refractivity contribution in [2.75, 3.05) is 13.7 Å². The standard InChI is InChI=1S/C15H16N4O2/c1-19(15(21)14-10-16-18-17-14)11-13-7-5-12(6-8-13)4-2-3-9-20/h5-8,10,20H,3,9,11H2,1H3,(H,16,17,18). The number of carbonyl (C=O) groups excluding carboxylic acids is 1. The van der Waals surface area contributed by atoms with Crippen LogP contribution in [0.4, 0.5) is 0 Å². The second-order valence-electron chi connectivity index (χ2n) is 4.49. The summed E-state index contributed by atoms with van der Waals surface area (Å²) in [4.78, 5) is 13.6. The van der Waals surface area contributed by atoms with E-state index in [9.17, 15) is 4.79 Å². The molecule has 0 atom stereocenters. The molecule has 2 rings (SSSR count). The Bertz CT molecular complexity index is 639. The van der Waals surface area contributed by atoms with Crippen molar-refractivity contribution in [3.63, 3.8) is 0 Å². The molecule has 0 unspecified atom stereocenters. The monoisotopic (exact) mass is 284 g/mol. The van der Waals surface area contributed by atoms with Crippen LogP contribution in [0.5, 0.6) is 0 Å². The quantitative estimate of drug-likeness (QED) is 0.814. The van der Waals surface area contributed by atoms with E-state index in [1.165, 1.54) is 6.20 Å². The van der Waals surface area contributed by atoms with E-state index in [0.29, 0.717) is 18.7 Å². The molecule has 6 nitrogen and oxygen atoms in total. The van der Waals surface area contributed by atoms with Crippen LogP contribution in [0.3, 0.4) is 0 Å². The Morgan fingerprint density at radius 1 is 1.38 bits per heavy atom. The lowest BCUT2D eigenvalue weighted by atomic mass is 10.1. The van der Waals surface area contributed by atoms with E-state index in [2.05, 4.69) is 27.3 Å². The Balaban J connectivity index is 1.97. The molecule has 1 aromatic carbocycles. The SMILES string of the molecule is CN(Cc1ccc(C#CCCO)cc1)C(=O)c1cn[nH]n1. The van der Waals surface area contributed by atoms with Crippen molar-refractivity contribution in [1.82, 2.24) is 20.3 Å². The minimum atomic E-state index is -0.185. The van der Waals surface area contributed by atoms with Crippen molar-refractivity contribution < 1.29 is 9.90 Å². The predicted octanol–water partition coefficient (Wildman–Crippen LogP) is 0.811. The number of nitrogens with zero attached hydrogens (tertiary/aromatic N) is 3. The zero-order valence-electron chi connectivity index (χ0n) is 11.7. The van der Waals surface area contributed by atoms with Gasteiger partial charge in [-0.15, -0.1) is 0 Å². The highest BCUT2D eigenvalue weighted by Gasteiger charge is 2.14. The number of hydrogen-bond donors (Lipinski definition) is 2. The van der Waals surface area contributed by atoms with E-state index in [1.807, 2.05) is 24.3 Å². The molecule has 0 saturated carbocycles. The minimum absolute atomic E-state index is 0.0695. The van der Waals surface area contributed by atoms with Crippen LogP contribution in [0.25, 0.3) is 0 Å². The summed E-state index contributed by atoms with van der Waals surface area (Å²) in [5.74, 6) is 5.64. The second kappa shape index (κ2) is 7.22. The first-order chi connectivity index (χ1) is 10.2.